The van der Waals surface area contributed by atoms with Crippen molar-refractivity contribution in [2.45, 2.75) is 27.2 Å². The Morgan fingerprint density at radius 2 is 1.50 bits per heavy atom. The third kappa shape index (κ3) is 2.16. The highest BCUT2D eigenvalue weighted by Crippen LogP contribution is 2.22. The maximum atomic E-state index is 2.28. The van der Waals surface area contributed by atoms with Crippen molar-refractivity contribution >= 4 is 5.69 Å². The second-order valence-electron chi connectivity index (χ2n) is 3.84. The summed E-state index contributed by atoms with van der Waals surface area (Å²) in [5.74, 6) is 0. The van der Waals surface area contributed by atoms with Crippen LogP contribution in [-0.2, 0) is 0 Å². The van der Waals surface area contributed by atoms with Crippen LogP contribution in [-0.4, -0.2) is 19.6 Å². The van der Waals surface area contributed by atoms with Crippen molar-refractivity contribution in [3.8, 4) is 0 Å². The Labute approximate surface area is 88.0 Å². The van der Waals surface area contributed by atoms with Crippen molar-refractivity contribution in [3.05, 3.63) is 30.3 Å². The summed E-state index contributed by atoms with van der Waals surface area (Å²) in [4.78, 5) is 0. The van der Waals surface area contributed by atoms with Crippen molar-refractivity contribution < 1.29 is 0 Å². The van der Waals surface area contributed by atoms with Gasteiger partial charge in [-0.25, -0.2) is 0 Å². The molecule has 78 valence electrons. The average molecular weight is 192 g/mol. The van der Waals surface area contributed by atoms with Gasteiger partial charge in [0.2, 0.25) is 0 Å². The lowest BCUT2D eigenvalue weighted by molar-refractivity contribution is 0.300. The SMILES string of the molecule is CCC[N+](CC)(CC)c1ccccc1. The van der Waals surface area contributed by atoms with Gasteiger partial charge in [0, 0.05) is 0 Å². The van der Waals surface area contributed by atoms with Gasteiger partial charge in [0.15, 0.2) is 0 Å². The predicted molar refractivity (Wildman–Crippen MR) is 64.5 cm³/mol. The molecule has 0 aliphatic heterocycles. The Morgan fingerprint density at radius 3 is 1.93 bits per heavy atom. The summed E-state index contributed by atoms with van der Waals surface area (Å²) < 4.78 is 1.12. The Morgan fingerprint density at radius 1 is 0.929 bits per heavy atom. The fraction of sp³-hybridized carbons (Fsp3) is 0.538. The van der Waals surface area contributed by atoms with Gasteiger partial charge in [-0.3, -0.25) is 4.48 Å². The third-order valence-electron chi connectivity index (χ3n) is 3.17. The molecule has 0 bridgehead atoms. The number of hydrogen-bond donors (Lipinski definition) is 0. The quantitative estimate of drug-likeness (QED) is 0.627. The number of hydrogen-bond acceptors (Lipinski definition) is 0. The number of para-hydroxylation sites is 1. The van der Waals surface area contributed by atoms with Gasteiger partial charge in [-0.2, -0.15) is 0 Å². The van der Waals surface area contributed by atoms with Crippen LogP contribution < -0.4 is 4.48 Å². The van der Waals surface area contributed by atoms with E-state index in [-0.39, 0.29) is 0 Å². The first kappa shape index (κ1) is 11.3. The largest absolute Gasteiger partial charge is 0.292 e. The van der Waals surface area contributed by atoms with Gasteiger partial charge in [0.05, 0.1) is 19.6 Å². The minimum Gasteiger partial charge on any atom is -0.292 e. The van der Waals surface area contributed by atoms with Gasteiger partial charge in [-0.1, -0.05) is 25.1 Å². The molecule has 0 heterocycles. The van der Waals surface area contributed by atoms with Crippen LogP contribution in [0.5, 0.6) is 0 Å². The second-order valence-corrected chi connectivity index (χ2v) is 3.84. The van der Waals surface area contributed by atoms with Gasteiger partial charge >= 0.3 is 0 Å². The summed E-state index contributed by atoms with van der Waals surface area (Å²) in [6.45, 7) is 10.5. The number of rotatable bonds is 5. The van der Waals surface area contributed by atoms with Crippen LogP contribution in [0.3, 0.4) is 0 Å². The lowest BCUT2D eigenvalue weighted by Gasteiger charge is -2.36. The fourth-order valence-corrected chi connectivity index (χ4v) is 2.21. The van der Waals surface area contributed by atoms with Gasteiger partial charge in [0.1, 0.15) is 5.69 Å². The predicted octanol–water partition coefficient (Wildman–Crippen LogP) is 3.44. The maximum Gasteiger partial charge on any atom is 0.132 e. The van der Waals surface area contributed by atoms with Crippen molar-refractivity contribution in [2.75, 3.05) is 19.6 Å². The molecule has 1 aromatic rings. The molecule has 1 aromatic carbocycles. The standard InChI is InChI=1S/C13H22N/c1-4-12-14(5-2,6-3)13-10-8-7-9-11-13/h7-11H,4-6,12H2,1-3H3/q+1. The summed E-state index contributed by atoms with van der Waals surface area (Å²) in [5, 5.41) is 0. The zero-order chi connectivity index (χ0) is 10.4. The van der Waals surface area contributed by atoms with E-state index in [1.165, 1.54) is 31.7 Å². The van der Waals surface area contributed by atoms with E-state index < -0.39 is 0 Å². The third-order valence-corrected chi connectivity index (χ3v) is 3.17. The molecule has 0 aromatic heterocycles. The lowest BCUT2D eigenvalue weighted by atomic mass is 10.2. The van der Waals surface area contributed by atoms with Crippen molar-refractivity contribution in [1.29, 1.82) is 0 Å². The normalized spacial score (nSPS) is 11.6. The van der Waals surface area contributed by atoms with Crippen LogP contribution in [0.2, 0.25) is 0 Å². The van der Waals surface area contributed by atoms with E-state index in [1.807, 2.05) is 0 Å². The van der Waals surface area contributed by atoms with Crippen molar-refractivity contribution in [1.82, 2.24) is 4.48 Å². The van der Waals surface area contributed by atoms with Gasteiger partial charge < -0.3 is 0 Å². The molecule has 0 saturated heterocycles. The summed E-state index contributed by atoms with van der Waals surface area (Å²) >= 11 is 0. The molecule has 0 unspecified atom stereocenters. The van der Waals surface area contributed by atoms with E-state index in [0.717, 1.165) is 4.48 Å². The van der Waals surface area contributed by atoms with Crippen LogP contribution in [0.15, 0.2) is 30.3 Å². The minimum atomic E-state index is 1.12. The van der Waals surface area contributed by atoms with E-state index in [0.29, 0.717) is 0 Å². The second kappa shape index (κ2) is 5.16. The number of nitrogens with zero attached hydrogens (tertiary/aromatic N) is 1. The molecule has 0 atom stereocenters. The Kier molecular flexibility index (Phi) is 4.15. The van der Waals surface area contributed by atoms with Gasteiger partial charge in [-0.05, 0) is 32.4 Å². The molecule has 1 rings (SSSR count). The summed E-state index contributed by atoms with van der Waals surface area (Å²) in [5.41, 5.74) is 1.46. The molecule has 0 amide bonds. The summed E-state index contributed by atoms with van der Waals surface area (Å²) in [6, 6.07) is 10.9. The molecule has 1 heteroatoms. The molecule has 0 spiro atoms. The first-order valence-electron chi connectivity index (χ1n) is 5.70. The molecule has 14 heavy (non-hydrogen) atoms. The van der Waals surface area contributed by atoms with Crippen LogP contribution in [0, 0.1) is 0 Å². The number of quaternary nitrogens is 1. The molecule has 1 nitrogen and oxygen atoms in total. The van der Waals surface area contributed by atoms with E-state index in [9.17, 15) is 0 Å². The van der Waals surface area contributed by atoms with E-state index in [2.05, 4.69) is 51.1 Å². The van der Waals surface area contributed by atoms with Crippen LogP contribution in [0.4, 0.5) is 5.69 Å². The van der Waals surface area contributed by atoms with Gasteiger partial charge in [0.25, 0.3) is 0 Å². The van der Waals surface area contributed by atoms with Crippen LogP contribution in [0.25, 0.3) is 0 Å². The zero-order valence-electron chi connectivity index (χ0n) is 9.66. The molecule has 0 radical (unpaired) electrons. The Hall–Kier alpha value is -0.820. The molecule has 0 saturated carbocycles. The average Bonchev–Trinajstić information content (AvgIpc) is 2.27. The van der Waals surface area contributed by atoms with Crippen molar-refractivity contribution in [3.63, 3.8) is 0 Å². The Balaban J connectivity index is 2.98. The van der Waals surface area contributed by atoms with Gasteiger partial charge in [-0.15, -0.1) is 0 Å². The first-order chi connectivity index (χ1) is 6.79. The molecule has 0 aliphatic carbocycles. The number of benzene rings is 1. The minimum absolute atomic E-state index is 1.12. The van der Waals surface area contributed by atoms with Crippen LogP contribution >= 0.6 is 0 Å². The molecular weight excluding hydrogens is 170 g/mol. The fourth-order valence-electron chi connectivity index (χ4n) is 2.21. The first-order valence-corrected chi connectivity index (χ1v) is 5.70. The highest BCUT2D eigenvalue weighted by Gasteiger charge is 2.24. The van der Waals surface area contributed by atoms with E-state index >= 15 is 0 Å². The van der Waals surface area contributed by atoms with Crippen LogP contribution in [0.1, 0.15) is 27.2 Å². The topological polar surface area (TPSA) is 0 Å². The zero-order valence-corrected chi connectivity index (χ0v) is 9.66. The molecule has 0 fully saturated rings. The lowest BCUT2D eigenvalue weighted by Crippen LogP contribution is -2.49. The monoisotopic (exact) mass is 192 g/mol. The highest BCUT2D eigenvalue weighted by molar-refractivity contribution is 5.42. The highest BCUT2D eigenvalue weighted by atomic mass is 15.3. The van der Waals surface area contributed by atoms with Crippen molar-refractivity contribution in [2.24, 2.45) is 0 Å². The van der Waals surface area contributed by atoms with E-state index in [4.69, 9.17) is 0 Å². The summed E-state index contributed by atoms with van der Waals surface area (Å²) in [6.07, 6.45) is 1.25. The smallest absolute Gasteiger partial charge is 0.132 e. The van der Waals surface area contributed by atoms with E-state index in [1.54, 1.807) is 0 Å². The Bertz CT molecular complexity index is 249. The summed E-state index contributed by atoms with van der Waals surface area (Å²) in [7, 11) is 0. The molecule has 0 aliphatic rings. The maximum absolute atomic E-state index is 2.28. The molecule has 0 N–H and O–H groups in total. The molecular formula is C13H22N+.